The molecule has 0 atom stereocenters. The van der Waals surface area contributed by atoms with Gasteiger partial charge in [0.15, 0.2) is 23.0 Å². The van der Waals surface area contributed by atoms with E-state index < -0.39 is 16.5 Å². The summed E-state index contributed by atoms with van der Waals surface area (Å²) in [6.07, 6.45) is 2.13. The highest BCUT2D eigenvalue weighted by Gasteiger charge is 2.29. The second-order valence-electron chi connectivity index (χ2n) is 7.08. The number of nitro groups is 1. The minimum absolute atomic E-state index is 0.152. The summed E-state index contributed by atoms with van der Waals surface area (Å²) in [6.45, 7) is 0.474. The number of benzene rings is 2. The summed E-state index contributed by atoms with van der Waals surface area (Å²) in [5.74, 6) is 0.763. The molecule has 1 saturated carbocycles. The molecule has 0 spiro atoms. The molecule has 0 unspecified atom stereocenters. The lowest BCUT2D eigenvalue weighted by molar-refractivity contribution is -0.385. The van der Waals surface area contributed by atoms with Gasteiger partial charge in [0, 0.05) is 24.8 Å². The van der Waals surface area contributed by atoms with Gasteiger partial charge in [-0.2, -0.15) is 0 Å². The SMILES string of the molecule is COCCOc1cc([N+](=O)[O-])c(C(=O)Nc2ccc3oc(C4CC4)nc3c2)cc1OC. The van der Waals surface area contributed by atoms with Crippen molar-refractivity contribution in [2.24, 2.45) is 0 Å². The lowest BCUT2D eigenvalue weighted by Crippen LogP contribution is -2.15. The van der Waals surface area contributed by atoms with Crippen LogP contribution in [0.25, 0.3) is 11.1 Å². The molecule has 1 amide bonds. The number of nitrogens with one attached hydrogen (secondary N) is 1. The molecule has 10 heteroatoms. The van der Waals surface area contributed by atoms with E-state index in [1.165, 1.54) is 26.4 Å². The van der Waals surface area contributed by atoms with Crippen LogP contribution in [0, 0.1) is 10.1 Å². The van der Waals surface area contributed by atoms with E-state index in [9.17, 15) is 14.9 Å². The van der Waals surface area contributed by atoms with Crippen molar-refractivity contribution in [2.45, 2.75) is 18.8 Å². The number of hydrogen-bond acceptors (Lipinski definition) is 8. The van der Waals surface area contributed by atoms with Crippen molar-refractivity contribution >= 4 is 28.4 Å². The van der Waals surface area contributed by atoms with Crippen LogP contribution in [0.3, 0.4) is 0 Å². The van der Waals surface area contributed by atoms with Crippen molar-refractivity contribution in [3.63, 3.8) is 0 Å². The first kappa shape index (κ1) is 20.6. The number of anilines is 1. The summed E-state index contributed by atoms with van der Waals surface area (Å²) in [5.41, 5.74) is 1.14. The van der Waals surface area contributed by atoms with Crippen molar-refractivity contribution in [3.8, 4) is 11.5 Å². The fraction of sp³-hybridized carbons (Fsp3) is 0.333. The zero-order valence-corrected chi connectivity index (χ0v) is 17.0. The Morgan fingerprint density at radius 1 is 1.23 bits per heavy atom. The Balaban J connectivity index is 1.60. The number of nitrogens with zero attached hydrogens (tertiary/aromatic N) is 2. The van der Waals surface area contributed by atoms with Crippen molar-refractivity contribution in [2.75, 3.05) is 32.8 Å². The zero-order valence-electron chi connectivity index (χ0n) is 17.0. The van der Waals surface area contributed by atoms with E-state index in [1.807, 2.05) is 0 Å². The summed E-state index contributed by atoms with van der Waals surface area (Å²) < 4.78 is 21.4. The van der Waals surface area contributed by atoms with E-state index in [4.69, 9.17) is 18.6 Å². The fourth-order valence-corrected chi connectivity index (χ4v) is 3.12. The van der Waals surface area contributed by atoms with Gasteiger partial charge in [-0.3, -0.25) is 14.9 Å². The number of oxazole rings is 1. The predicted molar refractivity (Wildman–Crippen MR) is 111 cm³/mol. The second kappa shape index (κ2) is 8.60. The third kappa shape index (κ3) is 4.43. The number of ether oxygens (including phenoxy) is 3. The molecule has 0 radical (unpaired) electrons. The molecular weight excluding hydrogens is 406 g/mol. The molecule has 1 heterocycles. The first-order valence-electron chi connectivity index (χ1n) is 9.70. The minimum Gasteiger partial charge on any atom is -0.493 e. The predicted octanol–water partition coefficient (Wildman–Crippen LogP) is 3.90. The second-order valence-corrected chi connectivity index (χ2v) is 7.08. The summed E-state index contributed by atoms with van der Waals surface area (Å²) in [7, 11) is 2.90. The summed E-state index contributed by atoms with van der Waals surface area (Å²) >= 11 is 0. The van der Waals surface area contributed by atoms with Gasteiger partial charge < -0.3 is 23.9 Å². The molecule has 1 aliphatic carbocycles. The zero-order chi connectivity index (χ0) is 22.0. The first-order valence-corrected chi connectivity index (χ1v) is 9.70. The number of aromatic nitrogens is 1. The monoisotopic (exact) mass is 427 g/mol. The molecule has 1 fully saturated rings. The number of fused-ring (bicyclic) bond motifs is 1. The lowest BCUT2D eigenvalue weighted by atomic mass is 10.1. The van der Waals surface area contributed by atoms with Gasteiger partial charge >= 0.3 is 0 Å². The third-order valence-corrected chi connectivity index (χ3v) is 4.86. The van der Waals surface area contributed by atoms with Crippen LogP contribution in [-0.2, 0) is 4.74 Å². The molecule has 1 aliphatic rings. The van der Waals surface area contributed by atoms with Crippen LogP contribution in [0.2, 0.25) is 0 Å². The van der Waals surface area contributed by atoms with Crippen LogP contribution >= 0.6 is 0 Å². The average molecular weight is 427 g/mol. The molecule has 10 nitrogen and oxygen atoms in total. The smallest absolute Gasteiger partial charge is 0.286 e. The fourth-order valence-electron chi connectivity index (χ4n) is 3.12. The third-order valence-electron chi connectivity index (χ3n) is 4.86. The Morgan fingerprint density at radius 2 is 2.03 bits per heavy atom. The molecule has 31 heavy (non-hydrogen) atoms. The van der Waals surface area contributed by atoms with E-state index in [0.717, 1.165) is 12.8 Å². The number of hydrogen-bond donors (Lipinski definition) is 1. The van der Waals surface area contributed by atoms with Crippen LogP contribution in [0.5, 0.6) is 11.5 Å². The van der Waals surface area contributed by atoms with Gasteiger partial charge in [0.05, 0.1) is 24.7 Å². The highest BCUT2D eigenvalue weighted by Crippen LogP contribution is 2.41. The molecule has 0 aliphatic heterocycles. The van der Waals surface area contributed by atoms with E-state index >= 15 is 0 Å². The van der Waals surface area contributed by atoms with Crippen molar-refractivity contribution in [1.82, 2.24) is 4.98 Å². The molecule has 0 saturated heterocycles. The standard InChI is InChI=1S/C21H21N3O7/c1-28-7-8-30-19-11-16(24(26)27)14(10-18(19)29-2)20(25)22-13-5-6-17-15(9-13)23-21(31-17)12-3-4-12/h5-6,9-12H,3-4,7-8H2,1-2H3,(H,22,25). The topological polar surface area (TPSA) is 126 Å². The maximum atomic E-state index is 12.9. The van der Waals surface area contributed by atoms with Crippen LogP contribution < -0.4 is 14.8 Å². The minimum atomic E-state index is -0.654. The van der Waals surface area contributed by atoms with Crippen LogP contribution in [0.1, 0.15) is 35.0 Å². The largest absolute Gasteiger partial charge is 0.493 e. The number of amides is 1. The van der Waals surface area contributed by atoms with Gasteiger partial charge in [-0.25, -0.2) is 4.98 Å². The van der Waals surface area contributed by atoms with E-state index in [0.29, 0.717) is 35.2 Å². The summed E-state index contributed by atoms with van der Waals surface area (Å²) in [6, 6.07) is 7.51. The van der Waals surface area contributed by atoms with Crippen LogP contribution in [0.4, 0.5) is 11.4 Å². The molecule has 4 rings (SSSR count). The van der Waals surface area contributed by atoms with Gasteiger partial charge in [-0.15, -0.1) is 0 Å². The van der Waals surface area contributed by atoms with Crippen LogP contribution in [-0.4, -0.2) is 43.2 Å². The Hall–Kier alpha value is -3.66. The van der Waals surface area contributed by atoms with Crippen molar-refractivity contribution < 1.29 is 28.3 Å². The number of methoxy groups -OCH3 is 2. The normalized spacial score (nSPS) is 13.2. The summed E-state index contributed by atoms with van der Waals surface area (Å²) in [4.78, 5) is 28.3. The average Bonchev–Trinajstić information content (AvgIpc) is 3.52. The molecular formula is C21H21N3O7. The van der Waals surface area contributed by atoms with Gasteiger partial charge in [0.2, 0.25) is 0 Å². The maximum absolute atomic E-state index is 12.9. The van der Waals surface area contributed by atoms with Crippen LogP contribution in [0.15, 0.2) is 34.7 Å². The molecule has 1 N–H and O–H groups in total. The molecule has 2 aromatic carbocycles. The summed E-state index contributed by atoms with van der Waals surface area (Å²) in [5, 5.41) is 14.3. The van der Waals surface area contributed by atoms with Crippen molar-refractivity contribution in [1.29, 1.82) is 0 Å². The van der Waals surface area contributed by atoms with Gasteiger partial charge in [0.1, 0.15) is 17.7 Å². The number of carbonyl (C=O) groups is 1. The molecule has 3 aromatic rings. The molecule has 1 aromatic heterocycles. The van der Waals surface area contributed by atoms with E-state index in [2.05, 4.69) is 10.3 Å². The van der Waals surface area contributed by atoms with E-state index in [-0.39, 0.29) is 23.7 Å². The number of carbonyl (C=O) groups excluding carboxylic acids is 1. The highest BCUT2D eigenvalue weighted by atomic mass is 16.6. The quantitative estimate of drug-likeness (QED) is 0.310. The van der Waals surface area contributed by atoms with Gasteiger partial charge in [0.25, 0.3) is 11.6 Å². The maximum Gasteiger partial charge on any atom is 0.286 e. The number of rotatable bonds is 9. The highest BCUT2D eigenvalue weighted by molar-refractivity contribution is 6.08. The Labute approximate surface area is 177 Å². The first-order chi connectivity index (χ1) is 15.0. The molecule has 162 valence electrons. The van der Waals surface area contributed by atoms with Gasteiger partial charge in [-0.1, -0.05) is 0 Å². The Bertz CT molecular complexity index is 1140. The van der Waals surface area contributed by atoms with Gasteiger partial charge in [-0.05, 0) is 31.0 Å². The molecule has 0 bridgehead atoms. The number of nitro benzene ring substituents is 1. The Morgan fingerprint density at radius 3 is 2.71 bits per heavy atom. The lowest BCUT2D eigenvalue weighted by Gasteiger charge is -2.13. The van der Waals surface area contributed by atoms with Crippen molar-refractivity contribution in [3.05, 3.63) is 51.9 Å². The van der Waals surface area contributed by atoms with E-state index in [1.54, 1.807) is 18.2 Å². The Kier molecular flexibility index (Phi) is 5.72.